The number of carbonyl (C=O) groups is 4. The van der Waals surface area contributed by atoms with Gasteiger partial charge in [0.15, 0.2) is 5.12 Å². The zero-order valence-corrected chi connectivity index (χ0v) is 25.2. The summed E-state index contributed by atoms with van der Waals surface area (Å²) in [5, 5.41) is 3.34. The lowest BCUT2D eigenvalue weighted by Gasteiger charge is -2.44. The summed E-state index contributed by atoms with van der Waals surface area (Å²) in [6.07, 6.45) is 1.56. The minimum Gasteiger partial charge on any atom is -0.326 e. The van der Waals surface area contributed by atoms with Gasteiger partial charge in [-0.15, -0.1) is 11.8 Å². The van der Waals surface area contributed by atoms with Crippen LogP contribution < -0.4 is 10.2 Å². The second-order valence-corrected chi connectivity index (χ2v) is 14.7. The number of carbonyl (C=O) groups excluding carboxylic acids is 4. The van der Waals surface area contributed by atoms with Crippen LogP contribution in [-0.4, -0.2) is 28.1 Å². The SMILES string of the molecule is Cc1ccc(NC(=O)Cc2ccc(N3C(=O)C4C5CC(C4C3=O)C3C(c4ccccc4)C4=C(CC(=O)S4)SC53)cc2)cc1. The summed E-state index contributed by atoms with van der Waals surface area (Å²) in [7, 11) is 0. The number of imide groups is 1. The molecule has 3 aromatic carbocycles. The summed E-state index contributed by atoms with van der Waals surface area (Å²) in [4.78, 5) is 56.9. The summed E-state index contributed by atoms with van der Waals surface area (Å²) in [6, 6.07) is 25.3. The van der Waals surface area contributed by atoms with Crippen LogP contribution in [0.4, 0.5) is 11.4 Å². The largest absolute Gasteiger partial charge is 0.326 e. The average molecular weight is 607 g/mol. The summed E-state index contributed by atoms with van der Waals surface area (Å²) in [5.41, 5.74) is 4.46. The number of fused-ring (bicyclic) bond motifs is 8. The van der Waals surface area contributed by atoms with Crippen LogP contribution in [0, 0.1) is 36.5 Å². The van der Waals surface area contributed by atoms with Crippen LogP contribution in [0.3, 0.4) is 0 Å². The van der Waals surface area contributed by atoms with Gasteiger partial charge in [-0.05, 0) is 66.5 Å². The molecule has 2 bridgehead atoms. The van der Waals surface area contributed by atoms with Crippen molar-refractivity contribution in [1.82, 2.24) is 0 Å². The normalized spacial score (nSPS) is 30.5. The van der Waals surface area contributed by atoms with Crippen LogP contribution >= 0.6 is 23.5 Å². The van der Waals surface area contributed by atoms with Gasteiger partial charge in [0.05, 0.1) is 23.9 Å². The molecule has 7 atom stereocenters. The van der Waals surface area contributed by atoms with Crippen LogP contribution in [0.15, 0.2) is 88.7 Å². The minimum absolute atomic E-state index is 0.0946. The Kier molecular flexibility index (Phi) is 6.42. The number of hydrogen-bond donors (Lipinski definition) is 1. The van der Waals surface area contributed by atoms with Gasteiger partial charge in [-0.2, -0.15) is 0 Å². The molecular formula is C35H30N2O4S2. The fourth-order valence-electron chi connectivity index (χ4n) is 8.28. The van der Waals surface area contributed by atoms with E-state index in [-0.39, 0.29) is 70.0 Å². The predicted molar refractivity (Wildman–Crippen MR) is 169 cm³/mol. The molecule has 5 aliphatic rings. The molecule has 0 aromatic heterocycles. The van der Waals surface area contributed by atoms with Gasteiger partial charge in [0.1, 0.15) is 0 Å². The molecule has 0 spiro atoms. The quantitative estimate of drug-likeness (QED) is 0.342. The molecule has 6 nitrogen and oxygen atoms in total. The second kappa shape index (κ2) is 10.2. The van der Waals surface area contributed by atoms with Crippen LogP contribution in [0.5, 0.6) is 0 Å². The Balaban J connectivity index is 1.03. The number of anilines is 2. The van der Waals surface area contributed by atoms with Crippen molar-refractivity contribution in [1.29, 1.82) is 0 Å². The fourth-order valence-corrected chi connectivity index (χ4v) is 11.5. The lowest BCUT2D eigenvalue weighted by molar-refractivity contribution is -0.123. The van der Waals surface area contributed by atoms with E-state index in [4.69, 9.17) is 0 Å². The lowest BCUT2D eigenvalue weighted by atomic mass is 9.68. The van der Waals surface area contributed by atoms with Gasteiger partial charge < -0.3 is 5.32 Å². The van der Waals surface area contributed by atoms with E-state index in [0.717, 1.165) is 23.2 Å². The van der Waals surface area contributed by atoms with Crippen LogP contribution in [0.25, 0.3) is 0 Å². The van der Waals surface area contributed by atoms with Crippen molar-refractivity contribution < 1.29 is 19.2 Å². The Hall–Kier alpha value is -3.62. The third-order valence-corrected chi connectivity index (χ3v) is 12.8. The van der Waals surface area contributed by atoms with E-state index in [9.17, 15) is 19.2 Å². The Morgan fingerprint density at radius 3 is 2.30 bits per heavy atom. The molecule has 8 rings (SSSR count). The number of aryl methyl sites for hydroxylation is 1. The number of amides is 3. The molecule has 0 radical (unpaired) electrons. The van der Waals surface area contributed by atoms with Crippen molar-refractivity contribution in [2.45, 2.75) is 37.4 Å². The van der Waals surface area contributed by atoms with Gasteiger partial charge in [-0.3, -0.25) is 24.1 Å². The number of thioether (sulfide) groups is 2. The maximum absolute atomic E-state index is 14.0. The molecule has 2 saturated carbocycles. The van der Waals surface area contributed by atoms with E-state index in [1.54, 1.807) is 12.1 Å². The van der Waals surface area contributed by atoms with Crippen molar-refractivity contribution in [2.24, 2.45) is 29.6 Å². The number of hydrogen-bond acceptors (Lipinski definition) is 6. The Labute approximate surface area is 258 Å². The summed E-state index contributed by atoms with van der Waals surface area (Å²) in [6.45, 7) is 2.00. The second-order valence-electron chi connectivity index (χ2n) is 12.4. The van der Waals surface area contributed by atoms with Gasteiger partial charge in [-0.25, -0.2) is 0 Å². The minimum atomic E-state index is -0.324. The first-order valence-electron chi connectivity index (χ1n) is 14.9. The van der Waals surface area contributed by atoms with Gasteiger partial charge in [0.2, 0.25) is 17.7 Å². The first-order valence-corrected chi connectivity index (χ1v) is 16.6. The highest BCUT2D eigenvalue weighted by Crippen LogP contribution is 2.70. The van der Waals surface area contributed by atoms with Crippen molar-refractivity contribution >= 4 is 57.7 Å². The van der Waals surface area contributed by atoms with Crippen molar-refractivity contribution in [3.63, 3.8) is 0 Å². The Morgan fingerprint density at radius 2 is 1.58 bits per heavy atom. The monoisotopic (exact) mass is 606 g/mol. The van der Waals surface area contributed by atoms with E-state index >= 15 is 0 Å². The zero-order valence-electron chi connectivity index (χ0n) is 23.6. The molecule has 3 fully saturated rings. The number of nitrogens with one attached hydrogen (secondary N) is 1. The van der Waals surface area contributed by atoms with E-state index in [2.05, 4.69) is 17.4 Å². The Morgan fingerprint density at radius 1 is 0.884 bits per heavy atom. The van der Waals surface area contributed by atoms with E-state index in [1.165, 1.54) is 32.0 Å². The van der Waals surface area contributed by atoms with Crippen LogP contribution in [-0.2, 0) is 25.6 Å². The molecular weight excluding hydrogens is 577 g/mol. The maximum atomic E-state index is 14.0. The zero-order chi connectivity index (χ0) is 29.4. The topological polar surface area (TPSA) is 83.6 Å². The van der Waals surface area contributed by atoms with E-state index < -0.39 is 0 Å². The van der Waals surface area contributed by atoms with Gasteiger partial charge >= 0.3 is 0 Å². The highest BCUT2D eigenvalue weighted by Gasteiger charge is 2.70. The molecule has 7 unspecified atom stereocenters. The summed E-state index contributed by atoms with van der Waals surface area (Å²) < 4.78 is 0. The first kappa shape index (κ1) is 27.0. The molecule has 1 saturated heterocycles. The maximum Gasteiger partial charge on any atom is 0.238 e. The number of benzene rings is 3. The number of allylic oxidation sites excluding steroid dienone is 2. The number of nitrogens with zero attached hydrogens (tertiary/aromatic N) is 1. The number of rotatable bonds is 5. The van der Waals surface area contributed by atoms with E-state index in [0.29, 0.717) is 12.1 Å². The molecule has 1 N–H and O–H groups in total. The molecule has 3 heterocycles. The standard InChI is InChI=1S/C35H30N2O4S2/c1-18-7-11-21(12-8-18)36-26(38)15-19-9-13-22(14-10-19)37-34(40)30-23-16-24(31(30)35(37)41)32-29(23)28(20-5-3-2-4-6-20)33-25(42-32)17-27(39)43-33/h2-14,23-24,28-32H,15-17H2,1H3,(H,36,38). The van der Waals surface area contributed by atoms with Gasteiger partial charge in [0, 0.05) is 33.1 Å². The van der Waals surface area contributed by atoms with Crippen LogP contribution in [0.2, 0.25) is 0 Å². The van der Waals surface area contributed by atoms with Crippen molar-refractivity contribution in [3.05, 3.63) is 105 Å². The third kappa shape index (κ3) is 4.32. The molecule has 3 aliphatic heterocycles. The molecule has 216 valence electrons. The van der Waals surface area contributed by atoms with Gasteiger partial charge in [-0.1, -0.05) is 71.9 Å². The molecule has 8 heteroatoms. The van der Waals surface area contributed by atoms with Crippen LogP contribution in [0.1, 0.15) is 35.4 Å². The average Bonchev–Trinajstić information content (AvgIpc) is 3.74. The van der Waals surface area contributed by atoms with E-state index in [1.807, 2.05) is 73.3 Å². The Bertz CT molecular complexity index is 1700. The lowest BCUT2D eigenvalue weighted by Crippen LogP contribution is -2.42. The van der Waals surface area contributed by atoms with Gasteiger partial charge in [0.25, 0.3) is 0 Å². The van der Waals surface area contributed by atoms with Crippen molar-refractivity contribution in [3.8, 4) is 0 Å². The molecule has 43 heavy (non-hydrogen) atoms. The van der Waals surface area contributed by atoms with Crippen molar-refractivity contribution in [2.75, 3.05) is 10.2 Å². The predicted octanol–water partition coefficient (Wildman–Crippen LogP) is 6.32. The summed E-state index contributed by atoms with van der Waals surface area (Å²) >= 11 is 3.20. The highest BCUT2D eigenvalue weighted by atomic mass is 32.2. The molecule has 3 amide bonds. The highest BCUT2D eigenvalue weighted by molar-refractivity contribution is 8.18. The smallest absolute Gasteiger partial charge is 0.238 e. The summed E-state index contributed by atoms with van der Waals surface area (Å²) in [5.74, 6) is -0.406. The molecule has 3 aromatic rings. The molecule has 2 aliphatic carbocycles. The first-order chi connectivity index (χ1) is 20.9. The third-order valence-electron chi connectivity index (χ3n) is 9.96. The fraction of sp³-hybridized carbons (Fsp3) is 0.314.